The van der Waals surface area contributed by atoms with Crippen LogP contribution in [0.15, 0.2) is 70.4 Å². The molecule has 0 fully saturated rings. The highest BCUT2D eigenvalue weighted by molar-refractivity contribution is 9.10. The number of nitroso groups, excluding NO2 is 1. The SMILES string of the molecule is Cc1cnc(F)cc1C(CC(c1ccc(Br)cc1)c1ccccc1C)N=O. The van der Waals surface area contributed by atoms with Gasteiger partial charge in [-0.1, -0.05) is 57.5 Å². The monoisotopic (exact) mass is 426 g/mol. The third-order valence-electron chi connectivity index (χ3n) is 4.89. The molecule has 2 atom stereocenters. The predicted octanol–water partition coefficient (Wildman–Crippen LogP) is 6.63. The van der Waals surface area contributed by atoms with E-state index < -0.39 is 12.0 Å². The molecule has 1 heterocycles. The Hall–Kier alpha value is -2.40. The van der Waals surface area contributed by atoms with Crippen molar-refractivity contribution in [2.75, 3.05) is 0 Å². The largest absolute Gasteiger partial charge is 0.228 e. The quantitative estimate of drug-likeness (QED) is 0.327. The van der Waals surface area contributed by atoms with Gasteiger partial charge in [-0.3, -0.25) is 0 Å². The van der Waals surface area contributed by atoms with Crippen molar-refractivity contribution in [1.29, 1.82) is 0 Å². The van der Waals surface area contributed by atoms with Gasteiger partial charge in [0.15, 0.2) is 0 Å². The zero-order valence-electron chi connectivity index (χ0n) is 15.2. The second-order valence-corrected chi connectivity index (χ2v) is 7.60. The zero-order chi connectivity index (χ0) is 19.4. The Morgan fingerprint density at radius 2 is 1.74 bits per heavy atom. The molecule has 0 N–H and O–H groups in total. The molecule has 0 saturated heterocycles. The summed E-state index contributed by atoms with van der Waals surface area (Å²) in [6.45, 7) is 3.88. The van der Waals surface area contributed by atoms with Crippen molar-refractivity contribution in [2.24, 2.45) is 5.18 Å². The minimum absolute atomic E-state index is 0.0300. The first-order chi connectivity index (χ1) is 13.0. The van der Waals surface area contributed by atoms with Gasteiger partial charge in [-0.15, -0.1) is 0 Å². The fraction of sp³-hybridized carbons (Fsp3) is 0.227. The first kappa shape index (κ1) is 19.4. The van der Waals surface area contributed by atoms with Crippen molar-refractivity contribution in [2.45, 2.75) is 32.2 Å². The number of pyridine rings is 1. The van der Waals surface area contributed by atoms with E-state index >= 15 is 0 Å². The minimum Gasteiger partial charge on any atom is -0.228 e. The van der Waals surface area contributed by atoms with Crippen molar-refractivity contribution >= 4 is 15.9 Å². The van der Waals surface area contributed by atoms with E-state index in [0.717, 1.165) is 26.7 Å². The first-order valence-corrected chi connectivity index (χ1v) is 9.54. The van der Waals surface area contributed by atoms with Gasteiger partial charge in [-0.05, 0) is 66.3 Å². The lowest BCUT2D eigenvalue weighted by Crippen LogP contribution is -2.10. The van der Waals surface area contributed by atoms with Gasteiger partial charge in [-0.2, -0.15) is 9.30 Å². The van der Waals surface area contributed by atoms with Crippen LogP contribution in [0.2, 0.25) is 0 Å². The highest BCUT2D eigenvalue weighted by Gasteiger charge is 2.24. The van der Waals surface area contributed by atoms with Crippen LogP contribution in [-0.2, 0) is 0 Å². The zero-order valence-corrected chi connectivity index (χ0v) is 16.8. The van der Waals surface area contributed by atoms with Gasteiger partial charge in [0, 0.05) is 16.6 Å². The smallest absolute Gasteiger partial charge is 0.213 e. The molecule has 3 rings (SSSR count). The minimum atomic E-state index is -0.657. The molecule has 27 heavy (non-hydrogen) atoms. The number of aryl methyl sites for hydroxylation is 2. The van der Waals surface area contributed by atoms with Gasteiger partial charge < -0.3 is 0 Å². The van der Waals surface area contributed by atoms with Crippen LogP contribution >= 0.6 is 15.9 Å². The number of nitrogens with zero attached hydrogens (tertiary/aromatic N) is 2. The third-order valence-corrected chi connectivity index (χ3v) is 5.42. The molecule has 0 aliphatic rings. The molecule has 2 aromatic carbocycles. The fourth-order valence-corrected chi connectivity index (χ4v) is 3.70. The van der Waals surface area contributed by atoms with Crippen molar-refractivity contribution in [1.82, 2.24) is 4.98 Å². The number of benzene rings is 2. The van der Waals surface area contributed by atoms with Gasteiger partial charge in [0.1, 0.15) is 6.04 Å². The molecule has 0 bridgehead atoms. The lowest BCUT2D eigenvalue weighted by Gasteiger charge is -2.23. The Morgan fingerprint density at radius 3 is 2.41 bits per heavy atom. The topological polar surface area (TPSA) is 42.3 Å². The summed E-state index contributed by atoms with van der Waals surface area (Å²) in [4.78, 5) is 15.4. The maximum absolute atomic E-state index is 13.7. The number of hydrogen-bond acceptors (Lipinski definition) is 3. The Bertz CT molecular complexity index is 943. The second-order valence-electron chi connectivity index (χ2n) is 6.68. The van der Waals surface area contributed by atoms with E-state index in [-0.39, 0.29) is 5.92 Å². The Morgan fingerprint density at radius 1 is 1.04 bits per heavy atom. The molecule has 0 aliphatic heterocycles. The van der Waals surface area contributed by atoms with E-state index in [0.29, 0.717) is 12.0 Å². The average molecular weight is 427 g/mol. The van der Waals surface area contributed by atoms with E-state index in [2.05, 4.69) is 45.1 Å². The summed E-state index contributed by atoms with van der Waals surface area (Å²) < 4.78 is 14.7. The number of aromatic nitrogens is 1. The molecule has 3 nitrogen and oxygen atoms in total. The summed E-state index contributed by atoms with van der Waals surface area (Å²) in [6, 6.07) is 16.8. The van der Waals surface area contributed by atoms with Crippen LogP contribution in [0.5, 0.6) is 0 Å². The number of rotatable bonds is 6. The first-order valence-electron chi connectivity index (χ1n) is 8.75. The van der Waals surface area contributed by atoms with E-state index in [1.165, 1.54) is 12.3 Å². The van der Waals surface area contributed by atoms with Crippen molar-refractivity contribution in [3.8, 4) is 0 Å². The Kier molecular flexibility index (Phi) is 6.11. The molecule has 3 aromatic rings. The van der Waals surface area contributed by atoms with Crippen LogP contribution in [0.25, 0.3) is 0 Å². The van der Waals surface area contributed by atoms with Crippen LogP contribution in [0.3, 0.4) is 0 Å². The van der Waals surface area contributed by atoms with E-state index in [1.807, 2.05) is 43.3 Å². The van der Waals surface area contributed by atoms with Gasteiger partial charge in [0.2, 0.25) is 5.95 Å². The van der Waals surface area contributed by atoms with Crippen molar-refractivity contribution in [3.63, 3.8) is 0 Å². The second kappa shape index (κ2) is 8.53. The summed E-state index contributed by atoms with van der Waals surface area (Å²) >= 11 is 3.47. The van der Waals surface area contributed by atoms with Gasteiger partial charge in [0.05, 0.1) is 0 Å². The molecule has 0 spiro atoms. The standard InChI is InChI=1S/C22H20BrFN2O/c1-14-5-3-4-6-18(14)20(16-7-9-17(23)10-8-16)11-21(26-27)19-12-22(24)25-13-15(19)2/h3-10,12-13,20-21H,11H2,1-2H3. The molecule has 2 unspecified atom stereocenters. The van der Waals surface area contributed by atoms with Crippen LogP contribution in [0.4, 0.5) is 4.39 Å². The van der Waals surface area contributed by atoms with Crippen molar-refractivity contribution in [3.05, 3.63) is 104 Å². The lowest BCUT2D eigenvalue weighted by atomic mass is 9.82. The molecule has 0 radical (unpaired) electrons. The predicted molar refractivity (Wildman–Crippen MR) is 109 cm³/mol. The van der Waals surface area contributed by atoms with Gasteiger partial charge in [-0.25, -0.2) is 4.98 Å². The molecule has 138 valence electrons. The van der Waals surface area contributed by atoms with Gasteiger partial charge >= 0.3 is 0 Å². The maximum Gasteiger partial charge on any atom is 0.213 e. The Balaban J connectivity index is 2.04. The average Bonchev–Trinajstić information content (AvgIpc) is 2.67. The van der Waals surface area contributed by atoms with E-state index in [9.17, 15) is 9.30 Å². The van der Waals surface area contributed by atoms with Gasteiger partial charge in [0.25, 0.3) is 0 Å². The van der Waals surface area contributed by atoms with Crippen LogP contribution < -0.4 is 0 Å². The molecule has 0 saturated carbocycles. The molecular formula is C22H20BrFN2O. The van der Waals surface area contributed by atoms with Crippen LogP contribution in [0, 0.1) is 24.7 Å². The number of halogens is 2. The third kappa shape index (κ3) is 4.48. The fourth-order valence-electron chi connectivity index (χ4n) is 3.44. The molecule has 0 amide bonds. The molecule has 1 aromatic heterocycles. The van der Waals surface area contributed by atoms with E-state index in [1.54, 1.807) is 0 Å². The normalized spacial score (nSPS) is 13.2. The van der Waals surface area contributed by atoms with Crippen LogP contribution in [0.1, 0.15) is 46.2 Å². The summed E-state index contributed by atoms with van der Waals surface area (Å²) in [5.41, 5.74) is 4.73. The highest BCUT2D eigenvalue weighted by atomic mass is 79.9. The molecular weight excluding hydrogens is 407 g/mol. The van der Waals surface area contributed by atoms with Crippen LogP contribution in [-0.4, -0.2) is 4.98 Å². The molecule has 0 aliphatic carbocycles. The summed E-state index contributed by atoms with van der Waals surface area (Å²) in [5.74, 6) is -0.627. The summed E-state index contributed by atoms with van der Waals surface area (Å²) in [7, 11) is 0. The summed E-state index contributed by atoms with van der Waals surface area (Å²) in [5, 5.41) is 3.34. The highest BCUT2D eigenvalue weighted by Crippen LogP contribution is 2.38. The maximum atomic E-state index is 13.7. The van der Waals surface area contributed by atoms with E-state index in [4.69, 9.17) is 0 Å². The van der Waals surface area contributed by atoms with Crippen molar-refractivity contribution < 1.29 is 4.39 Å². The number of hydrogen-bond donors (Lipinski definition) is 0. The summed E-state index contributed by atoms with van der Waals surface area (Å²) in [6.07, 6.45) is 1.91. The molecule has 5 heteroatoms. The lowest BCUT2D eigenvalue weighted by molar-refractivity contribution is 0.558. The Labute approximate surface area is 166 Å².